The largest absolute Gasteiger partial charge is 0.350 e. The Hall–Kier alpha value is -3.38. The van der Waals surface area contributed by atoms with Crippen LogP contribution in [0, 0.1) is 0 Å². The molecule has 0 fully saturated rings. The standard InChI is InChI=1S/C22H17ClN4O2/c1-26-12-14(20(28)13-5-7-15(23)8-6-13)11-18(26)21-25-17-4-2-3-16-19(17)27(21)10-9-24-22(16)29/h2-8,11-12H,9-10H2,1H3,(H,24,29). The number of imidazole rings is 1. The summed E-state index contributed by atoms with van der Waals surface area (Å²) in [4.78, 5) is 30.1. The number of carbonyl (C=O) groups is 2. The molecule has 2 aromatic carbocycles. The van der Waals surface area contributed by atoms with E-state index >= 15 is 0 Å². The van der Waals surface area contributed by atoms with Crippen molar-refractivity contribution in [1.82, 2.24) is 19.4 Å². The van der Waals surface area contributed by atoms with E-state index in [9.17, 15) is 9.59 Å². The fourth-order valence-electron chi connectivity index (χ4n) is 3.84. The van der Waals surface area contributed by atoms with Gasteiger partial charge in [-0.2, -0.15) is 0 Å². The number of aromatic nitrogens is 3. The molecule has 0 aliphatic carbocycles. The summed E-state index contributed by atoms with van der Waals surface area (Å²) in [5.41, 5.74) is 4.18. The summed E-state index contributed by atoms with van der Waals surface area (Å²) in [5.74, 6) is 0.570. The number of para-hydroxylation sites is 1. The molecule has 1 aliphatic rings. The second-order valence-corrected chi connectivity index (χ2v) is 7.51. The number of hydrogen-bond donors (Lipinski definition) is 1. The van der Waals surface area contributed by atoms with Crippen molar-refractivity contribution in [1.29, 1.82) is 0 Å². The van der Waals surface area contributed by atoms with Gasteiger partial charge in [-0.25, -0.2) is 4.98 Å². The lowest BCUT2D eigenvalue weighted by Gasteiger charge is -2.07. The molecule has 29 heavy (non-hydrogen) atoms. The van der Waals surface area contributed by atoms with Crippen LogP contribution in [0.25, 0.3) is 22.6 Å². The average molecular weight is 405 g/mol. The van der Waals surface area contributed by atoms with Crippen LogP contribution in [0.1, 0.15) is 26.3 Å². The van der Waals surface area contributed by atoms with Gasteiger partial charge >= 0.3 is 0 Å². The highest BCUT2D eigenvalue weighted by Gasteiger charge is 2.24. The number of nitrogens with zero attached hydrogens (tertiary/aromatic N) is 3. The van der Waals surface area contributed by atoms with Gasteiger partial charge in [-0.1, -0.05) is 17.7 Å². The number of nitrogens with one attached hydrogen (secondary N) is 1. The van der Waals surface area contributed by atoms with Gasteiger partial charge in [0.2, 0.25) is 0 Å². The Morgan fingerprint density at radius 3 is 2.72 bits per heavy atom. The van der Waals surface area contributed by atoms with E-state index in [2.05, 4.69) is 9.88 Å². The van der Waals surface area contributed by atoms with Crippen molar-refractivity contribution in [3.05, 3.63) is 76.4 Å². The number of carbonyl (C=O) groups excluding carboxylic acids is 2. The van der Waals surface area contributed by atoms with Gasteiger partial charge < -0.3 is 14.5 Å². The Morgan fingerprint density at radius 2 is 1.93 bits per heavy atom. The zero-order valence-electron chi connectivity index (χ0n) is 15.6. The molecule has 4 aromatic rings. The summed E-state index contributed by atoms with van der Waals surface area (Å²) in [6.07, 6.45) is 1.81. The SMILES string of the molecule is Cn1cc(C(=O)c2ccc(Cl)cc2)cc1-c1nc2cccc3c2n1CCNC3=O. The van der Waals surface area contributed by atoms with Gasteiger partial charge in [-0.05, 0) is 42.5 Å². The Balaban J connectivity index is 1.64. The molecule has 5 rings (SSSR count). The van der Waals surface area contributed by atoms with Crippen molar-refractivity contribution < 1.29 is 9.59 Å². The number of hydrogen-bond acceptors (Lipinski definition) is 3. The van der Waals surface area contributed by atoms with Gasteiger partial charge in [-0.15, -0.1) is 0 Å². The molecule has 0 spiro atoms. The molecule has 0 unspecified atom stereocenters. The summed E-state index contributed by atoms with van der Waals surface area (Å²) >= 11 is 5.93. The highest BCUT2D eigenvalue weighted by Crippen LogP contribution is 2.30. The highest BCUT2D eigenvalue weighted by atomic mass is 35.5. The zero-order chi connectivity index (χ0) is 20.1. The van der Waals surface area contributed by atoms with Crippen LogP contribution >= 0.6 is 11.6 Å². The van der Waals surface area contributed by atoms with Gasteiger partial charge in [0.25, 0.3) is 5.91 Å². The Bertz CT molecular complexity index is 1280. The zero-order valence-corrected chi connectivity index (χ0v) is 16.4. The summed E-state index contributed by atoms with van der Waals surface area (Å²) in [5, 5.41) is 3.51. The van der Waals surface area contributed by atoms with Gasteiger partial charge in [0.1, 0.15) is 0 Å². The van der Waals surface area contributed by atoms with Gasteiger partial charge in [0.15, 0.2) is 11.6 Å². The molecule has 1 N–H and O–H groups in total. The third-order valence-electron chi connectivity index (χ3n) is 5.23. The van der Waals surface area contributed by atoms with E-state index in [1.54, 1.807) is 30.5 Å². The molecule has 0 radical (unpaired) electrons. The highest BCUT2D eigenvalue weighted by molar-refractivity contribution is 6.30. The maximum absolute atomic E-state index is 12.9. The number of ketones is 1. The van der Waals surface area contributed by atoms with Crippen LogP contribution in [0.2, 0.25) is 5.02 Å². The number of halogens is 1. The maximum atomic E-state index is 12.9. The van der Waals surface area contributed by atoms with Crippen molar-refractivity contribution in [2.75, 3.05) is 6.54 Å². The second kappa shape index (κ2) is 6.60. The van der Waals surface area contributed by atoms with E-state index in [0.29, 0.717) is 34.8 Å². The second-order valence-electron chi connectivity index (χ2n) is 7.08. The van der Waals surface area contributed by atoms with Crippen molar-refractivity contribution in [2.24, 2.45) is 7.05 Å². The summed E-state index contributed by atoms with van der Waals surface area (Å²) in [6.45, 7) is 1.13. The predicted octanol–water partition coefficient (Wildman–Crippen LogP) is 3.67. The first-order valence-electron chi connectivity index (χ1n) is 9.27. The van der Waals surface area contributed by atoms with Crippen molar-refractivity contribution in [3.8, 4) is 11.5 Å². The molecule has 1 aliphatic heterocycles. The topological polar surface area (TPSA) is 68.9 Å². The molecule has 144 valence electrons. The van der Waals surface area contributed by atoms with Crippen molar-refractivity contribution in [3.63, 3.8) is 0 Å². The predicted molar refractivity (Wildman–Crippen MR) is 111 cm³/mol. The van der Waals surface area contributed by atoms with E-state index in [0.717, 1.165) is 22.6 Å². The van der Waals surface area contributed by atoms with E-state index in [-0.39, 0.29) is 11.7 Å². The van der Waals surface area contributed by atoms with Crippen LogP contribution in [0.5, 0.6) is 0 Å². The first-order valence-corrected chi connectivity index (χ1v) is 9.65. The van der Waals surface area contributed by atoms with E-state index in [1.807, 2.05) is 35.9 Å². The molecule has 7 heteroatoms. The molecule has 0 atom stereocenters. The van der Waals surface area contributed by atoms with Gasteiger partial charge in [0.05, 0.1) is 22.3 Å². The molecule has 0 saturated heterocycles. The van der Waals surface area contributed by atoms with Crippen LogP contribution in [-0.4, -0.2) is 32.4 Å². The van der Waals surface area contributed by atoms with E-state index < -0.39 is 0 Å². The molecule has 0 saturated carbocycles. The average Bonchev–Trinajstić information content (AvgIpc) is 3.22. The first kappa shape index (κ1) is 17.7. The fourth-order valence-corrected chi connectivity index (χ4v) is 3.96. The minimum absolute atomic E-state index is 0.0759. The minimum Gasteiger partial charge on any atom is -0.350 e. The number of amides is 1. The Kier molecular flexibility index (Phi) is 4.03. The Morgan fingerprint density at radius 1 is 1.14 bits per heavy atom. The third-order valence-corrected chi connectivity index (χ3v) is 5.49. The van der Waals surface area contributed by atoms with Gasteiger partial charge in [0, 0.05) is 42.5 Å². The van der Waals surface area contributed by atoms with E-state index in [1.165, 1.54) is 0 Å². The molecule has 3 heterocycles. The van der Waals surface area contributed by atoms with E-state index in [4.69, 9.17) is 16.6 Å². The monoisotopic (exact) mass is 404 g/mol. The first-order chi connectivity index (χ1) is 14.0. The lowest BCUT2D eigenvalue weighted by molar-refractivity contribution is 0.0956. The smallest absolute Gasteiger partial charge is 0.253 e. The molecular formula is C22H17ClN4O2. The fraction of sp³-hybridized carbons (Fsp3) is 0.136. The van der Waals surface area contributed by atoms with Crippen LogP contribution in [0.3, 0.4) is 0 Å². The molecule has 6 nitrogen and oxygen atoms in total. The molecule has 2 aromatic heterocycles. The quantitative estimate of drug-likeness (QED) is 0.530. The van der Waals surface area contributed by atoms with Crippen LogP contribution < -0.4 is 5.32 Å². The summed E-state index contributed by atoms with van der Waals surface area (Å²) in [6, 6.07) is 14.3. The third kappa shape index (κ3) is 2.84. The van der Waals surface area contributed by atoms with Crippen molar-refractivity contribution >= 4 is 34.3 Å². The van der Waals surface area contributed by atoms with Gasteiger partial charge in [-0.3, -0.25) is 9.59 Å². The summed E-state index contributed by atoms with van der Waals surface area (Å²) < 4.78 is 3.95. The Labute approximate surface area is 171 Å². The number of rotatable bonds is 3. The normalized spacial score (nSPS) is 13.4. The van der Waals surface area contributed by atoms with Crippen LogP contribution in [0.4, 0.5) is 0 Å². The molecular weight excluding hydrogens is 388 g/mol. The number of aryl methyl sites for hydroxylation is 1. The summed E-state index contributed by atoms with van der Waals surface area (Å²) in [7, 11) is 1.89. The maximum Gasteiger partial charge on any atom is 0.253 e. The molecule has 0 bridgehead atoms. The van der Waals surface area contributed by atoms with Crippen molar-refractivity contribution in [2.45, 2.75) is 6.54 Å². The van der Waals surface area contributed by atoms with Crippen LogP contribution in [0.15, 0.2) is 54.7 Å². The number of benzene rings is 2. The van der Waals surface area contributed by atoms with Crippen LogP contribution in [-0.2, 0) is 13.6 Å². The molecule has 1 amide bonds. The minimum atomic E-state index is -0.0914. The lowest BCUT2D eigenvalue weighted by atomic mass is 10.1. The lowest BCUT2D eigenvalue weighted by Crippen LogP contribution is -2.24.